The Morgan fingerprint density at radius 3 is 2.77 bits per heavy atom. The molecule has 6 nitrogen and oxygen atoms in total. The molecule has 138 valence electrons. The summed E-state index contributed by atoms with van der Waals surface area (Å²) in [5.41, 5.74) is 2.38. The predicted octanol–water partition coefficient (Wildman–Crippen LogP) is 3.00. The first kappa shape index (κ1) is 17.1. The Kier molecular flexibility index (Phi) is 5.22. The van der Waals surface area contributed by atoms with Crippen LogP contribution in [0.3, 0.4) is 0 Å². The number of benzene rings is 1. The summed E-state index contributed by atoms with van der Waals surface area (Å²) in [6.07, 6.45) is 6.24. The molecular weight excluding hydrogens is 332 g/mol. The minimum Gasteiger partial charge on any atom is -0.493 e. The first-order chi connectivity index (χ1) is 12.8. The number of nitrogens with zero attached hydrogens (tertiary/aromatic N) is 2. The molecule has 0 radical (unpaired) electrons. The monoisotopic (exact) mass is 356 g/mol. The van der Waals surface area contributed by atoms with Crippen molar-refractivity contribution in [3.63, 3.8) is 0 Å². The molecule has 26 heavy (non-hydrogen) atoms. The van der Waals surface area contributed by atoms with Crippen molar-refractivity contribution >= 4 is 0 Å². The summed E-state index contributed by atoms with van der Waals surface area (Å²) in [4.78, 5) is 6.52. The minimum atomic E-state index is 0.242. The third-order valence-electron chi connectivity index (χ3n) is 4.77. The maximum Gasteiger partial charge on any atom is 0.231 e. The average Bonchev–Trinajstić information content (AvgIpc) is 3.33. The highest BCUT2D eigenvalue weighted by Gasteiger charge is 2.23. The molecule has 0 aliphatic carbocycles. The smallest absolute Gasteiger partial charge is 0.231 e. The summed E-state index contributed by atoms with van der Waals surface area (Å²) in [5.74, 6) is 2.16. The zero-order chi connectivity index (χ0) is 17.8. The van der Waals surface area contributed by atoms with Crippen molar-refractivity contribution in [2.45, 2.75) is 32.0 Å². The van der Waals surface area contributed by atoms with E-state index in [-0.39, 0.29) is 6.79 Å². The molecule has 1 saturated heterocycles. The topological polar surface area (TPSA) is 53.1 Å². The lowest BCUT2D eigenvalue weighted by molar-refractivity contribution is 0.0678. The normalized spacial score (nSPS) is 18.5. The SMILES string of the molecule is COc1cc(CN(Cc2ccncc2)CC2CCCO2)cc2c1OCO2. The number of hydrogen-bond donors (Lipinski definition) is 0. The van der Waals surface area contributed by atoms with Crippen molar-refractivity contribution in [1.82, 2.24) is 9.88 Å². The molecule has 0 bridgehead atoms. The van der Waals surface area contributed by atoms with Crippen molar-refractivity contribution in [1.29, 1.82) is 0 Å². The summed E-state index contributed by atoms with van der Waals surface area (Å²) in [6, 6.07) is 8.19. The lowest BCUT2D eigenvalue weighted by Crippen LogP contribution is -2.31. The molecule has 2 aliphatic rings. The van der Waals surface area contributed by atoms with E-state index in [1.54, 1.807) is 7.11 Å². The summed E-state index contributed by atoms with van der Waals surface area (Å²) < 4.78 is 22.4. The summed E-state index contributed by atoms with van der Waals surface area (Å²) >= 11 is 0. The molecule has 0 amide bonds. The van der Waals surface area contributed by atoms with Crippen LogP contribution in [0, 0.1) is 0 Å². The number of ether oxygens (including phenoxy) is 4. The Morgan fingerprint density at radius 2 is 2.00 bits per heavy atom. The maximum atomic E-state index is 5.85. The van der Waals surface area contributed by atoms with Crippen molar-refractivity contribution in [2.24, 2.45) is 0 Å². The van der Waals surface area contributed by atoms with E-state index in [9.17, 15) is 0 Å². The van der Waals surface area contributed by atoms with Gasteiger partial charge in [0.1, 0.15) is 0 Å². The molecule has 0 saturated carbocycles. The zero-order valence-corrected chi connectivity index (χ0v) is 15.0. The van der Waals surface area contributed by atoms with Gasteiger partial charge in [0.05, 0.1) is 13.2 Å². The number of aromatic nitrogens is 1. The van der Waals surface area contributed by atoms with Gasteiger partial charge in [0.25, 0.3) is 0 Å². The van der Waals surface area contributed by atoms with Crippen LogP contribution >= 0.6 is 0 Å². The van der Waals surface area contributed by atoms with Crippen molar-refractivity contribution in [3.8, 4) is 17.2 Å². The lowest BCUT2D eigenvalue weighted by Gasteiger charge is -2.25. The highest BCUT2D eigenvalue weighted by atomic mass is 16.7. The number of fused-ring (bicyclic) bond motifs is 1. The second-order valence-electron chi connectivity index (χ2n) is 6.69. The van der Waals surface area contributed by atoms with Crippen LogP contribution in [0.15, 0.2) is 36.7 Å². The second-order valence-corrected chi connectivity index (χ2v) is 6.69. The van der Waals surface area contributed by atoms with Gasteiger partial charge in [-0.05, 0) is 48.2 Å². The van der Waals surface area contributed by atoms with E-state index < -0.39 is 0 Å². The molecule has 1 fully saturated rings. The van der Waals surface area contributed by atoms with E-state index in [4.69, 9.17) is 18.9 Å². The molecule has 2 aromatic rings. The molecular formula is C20H24N2O4. The minimum absolute atomic E-state index is 0.242. The largest absolute Gasteiger partial charge is 0.493 e. The van der Waals surface area contributed by atoms with Gasteiger partial charge in [-0.25, -0.2) is 0 Å². The van der Waals surface area contributed by atoms with Gasteiger partial charge in [-0.15, -0.1) is 0 Å². The van der Waals surface area contributed by atoms with Gasteiger partial charge in [-0.1, -0.05) is 0 Å². The zero-order valence-electron chi connectivity index (χ0n) is 15.0. The van der Waals surface area contributed by atoms with E-state index in [1.807, 2.05) is 24.5 Å². The molecule has 3 heterocycles. The third-order valence-corrected chi connectivity index (χ3v) is 4.77. The van der Waals surface area contributed by atoms with Crippen molar-refractivity contribution in [3.05, 3.63) is 47.8 Å². The Hall–Kier alpha value is -2.31. The predicted molar refractivity (Wildman–Crippen MR) is 96.4 cm³/mol. The van der Waals surface area contributed by atoms with Crippen LogP contribution < -0.4 is 14.2 Å². The first-order valence-corrected chi connectivity index (χ1v) is 9.01. The van der Waals surface area contributed by atoms with E-state index in [0.29, 0.717) is 11.9 Å². The van der Waals surface area contributed by atoms with E-state index in [1.165, 1.54) is 5.56 Å². The molecule has 2 aliphatic heterocycles. The van der Waals surface area contributed by atoms with E-state index >= 15 is 0 Å². The fourth-order valence-corrected chi connectivity index (χ4v) is 3.54. The molecule has 4 rings (SSSR count). The van der Waals surface area contributed by atoms with Crippen LogP contribution in [0.25, 0.3) is 0 Å². The van der Waals surface area contributed by atoms with Crippen molar-refractivity contribution in [2.75, 3.05) is 27.1 Å². The molecule has 1 atom stereocenters. The lowest BCUT2D eigenvalue weighted by atomic mass is 10.1. The van der Waals surface area contributed by atoms with Crippen LogP contribution in [-0.4, -0.2) is 43.0 Å². The number of rotatable bonds is 7. The molecule has 1 unspecified atom stereocenters. The van der Waals surface area contributed by atoms with Gasteiger partial charge in [0.2, 0.25) is 12.5 Å². The molecule has 6 heteroatoms. The maximum absolute atomic E-state index is 5.85. The van der Waals surface area contributed by atoms with Crippen molar-refractivity contribution < 1.29 is 18.9 Å². The number of methoxy groups -OCH3 is 1. The number of pyridine rings is 1. The fraction of sp³-hybridized carbons (Fsp3) is 0.450. The molecule has 1 aromatic heterocycles. The molecule has 0 N–H and O–H groups in total. The highest BCUT2D eigenvalue weighted by Crippen LogP contribution is 2.42. The molecule has 0 spiro atoms. The van der Waals surface area contributed by atoms with Gasteiger partial charge in [0.15, 0.2) is 11.5 Å². The summed E-state index contributed by atoms with van der Waals surface area (Å²) in [7, 11) is 1.65. The Balaban J connectivity index is 1.53. The van der Waals surface area contributed by atoms with Gasteiger partial charge >= 0.3 is 0 Å². The van der Waals surface area contributed by atoms with Crippen LogP contribution in [0.1, 0.15) is 24.0 Å². The van der Waals surface area contributed by atoms with Crippen LogP contribution in [0.5, 0.6) is 17.2 Å². The quantitative estimate of drug-likeness (QED) is 0.760. The van der Waals surface area contributed by atoms with Gasteiger partial charge < -0.3 is 18.9 Å². The standard InChI is InChI=1S/C20H24N2O4/c1-23-18-9-16(10-19-20(18)26-14-25-19)12-22(13-17-3-2-8-24-17)11-15-4-6-21-7-5-15/h4-7,9-10,17H,2-3,8,11-14H2,1H3. The average molecular weight is 356 g/mol. The summed E-state index contributed by atoms with van der Waals surface area (Å²) in [6.45, 7) is 3.64. The van der Waals surface area contributed by atoms with Gasteiger partial charge in [0, 0.05) is 38.6 Å². The fourth-order valence-electron chi connectivity index (χ4n) is 3.54. The van der Waals surface area contributed by atoms with E-state index in [0.717, 1.165) is 56.1 Å². The Bertz CT molecular complexity index is 732. The van der Waals surface area contributed by atoms with Crippen LogP contribution in [0.2, 0.25) is 0 Å². The third kappa shape index (κ3) is 3.92. The van der Waals surface area contributed by atoms with Crippen LogP contribution in [0.4, 0.5) is 0 Å². The van der Waals surface area contributed by atoms with Crippen LogP contribution in [-0.2, 0) is 17.8 Å². The number of hydrogen-bond acceptors (Lipinski definition) is 6. The van der Waals surface area contributed by atoms with Gasteiger partial charge in [-0.3, -0.25) is 9.88 Å². The summed E-state index contributed by atoms with van der Waals surface area (Å²) in [5, 5.41) is 0. The van der Waals surface area contributed by atoms with E-state index in [2.05, 4.69) is 22.0 Å². The first-order valence-electron chi connectivity index (χ1n) is 9.01. The highest BCUT2D eigenvalue weighted by molar-refractivity contribution is 5.55. The molecule has 1 aromatic carbocycles. The Labute approximate surface area is 153 Å². The van der Waals surface area contributed by atoms with Gasteiger partial charge in [-0.2, -0.15) is 0 Å². The second kappa shape index (κ2) is 7.93. The Morgan fingerprint density at radius 1 is 1.15 bits per heavy atom.